The number of carbonyl (C=O) groups excluding carboxylic acids is 2. The van der Waals surface area contributed by atoms with Gasteiger partial charge < -0.3 is 14.8 Å². The summed E-state index contributed by atoms with van der Waals surface area (Å²) in [4.78, 5) is 23.1. The maximum Gasteiger partial charge on any atom is 0.387 e. The first-order valence-electron chi connectivity index (χ1n) is 7.47. The zero-order valence-electron chi connectivity index (χ0n) is 13.8. The zero-order chi connectivity index (χ0) is 18.1. The van der Waals surface area contributed by atoms with Gasteiger partial charge in [0, 0.05) is 12.1 Å². The van der Waals surface area contributed by atoms with E-state index in [1.54, 1.807) is 0 Å². The molecule has 0 fully saturated rings. The number of hydrogen-bond acceptors (Lipinski definition) is 4. The molecule has 0 unspecified atom stereocenters. The molecule has 1 amide bonds. The molecule has 0 aliphatic rings. The van der Waals surface area contributed by atoms with Gasteiger partial charge in [-0.3, -0.25) is 4.79 Å². The maximum absolute atomic E-state index is 12.0. The average Bonchev–Trinajstić information content (AvgIpc) is 2.51. The molecule has 1 atom stereocenters. The lowest BCUT2D eigenvalue weighted by Gasteiger charge is -2.16. The Kier molecular flexibility index (Phi) is 7.88. The number of nitrogens with one attached hydrogen (secondary N) is 1. The summed E-state index contributed by atoms with van der Waals surface area (Å²) < 4.78 is 33.1. The summed E-state index contributed by atoms with van der Waals surface area (Å²) in [5, 5.41) is 2.71. The summed E-state index contributed by atoms with van der Waals surface area (Å²) >= 11 is 0. The number of benzene rings is 1. The van der Waals surface area contributed by atoms with Crippen molar-refractivity contribution in [2.75, 3.05) is 6.61 Å². The number of amides is 1. The quantitative estimate of drug-likeness (QED) is 0.583. The molecule has 0 saturated carbocycles. The van der Waals surface area contributed by atoms with Crippen molar-refractivity contribution in [1.29, 1.82) is 0 Å². The molecule has 1 N–H and O–H groups in total. The summed E-state index contributed by atoms with van der Waals surface area (Å²) in [6.45, 7) is 2.56. The van der Waals surface area contributed by atoms with Crippen LogP contribution in [0.2, 0.25) is 0 Å². The van der Waals surface area contributed by atoms with Crippen LogP contribution in [0.25, 0.3) is 6.08 Å². The monoisotopic (exact) mass is 341 g/mol. The Morgan fingerprint density at radius 2 is 1.79 bits per heavy atom. The molecule has 132 valence electrons. The van der Waals surface area contributed by atoms with Crippen LogP contribution < -0.4 is 10.1 Å². The van der Waals surface area contributed by atoms with Crippen LogP contribution in [-0.4, -0.2) is 31.1 Å². The lowest BCUT2D eigenvalue weighted by molar-refractivity contribution is -0.144. The van der Waals surface area contributed by atoms with Gasteiger partial charge in [0.25, 0.3) is 5.91 Å². The van der Waals surface area contributed by atoms with Crippen LogP contribution >= 0.6 is 0 Å². The van der Waals surface area contributed by atoms with E-state index in [2.05, 4.69) is 10.1 Å². The third-order valence-electron chi connectivity index (χ3n) is 3.25. The molecule has 0 radical (unpaired) electrons. The molecule has 0 aliphatic heterocycles. The number of ether oxygens (including phenoxy) is 2. The van der Waals surface area contributed by atoms with Crippen molar-refractivity contribution < 1.29 is 27.8 Å². The second kappa shape index (κ2) is 9.64. The Bertz CT molecular complexity index is 570. The Morgan fingerprint density at radius 1 is 1.17 bits per heavy atom. The largest absolute Gasteiger partial charge is 0.452 e. The molecule has 0 bridgehead atoms. The van der Waals surface area contributed by atoms with Gasteiger partial charge in [-0.2, -0.15) is 8.78 Å². The Balaban J connectivity index is 2.41. The summed E-state index contributed by atoms with van der Waals surface area (Å²) in [5.74, 6) is -0.732. The van der Waals surface area contributed by atoms with Gasteiger partial charge in [0.2, 0.25) is 0 Å². The predicted octanol–water partition coefficient (Wildman–Crippen LogP) is 3.01. The van der Waals surface area contributed by atoms with Crippen molar-refractivity contribution >= 4 is 18.0 Å². The molecular weight excluding hydrogens is 320 g/mol. The van der Waals surface area contributed by atoms with Gasteiger partial charge in [-0.1, -0.05) is 26.0 Å². The van der Waals surface area contributed by atoms with Gasteiger partial charge in [-0.25, -0.2) is 4.79 Å². The van der Waals surface area contributed by atoms with E-state index in [1.165, 1.54) is 30.3 Å². The topological polar surface area (TPSA) is 64.6 Å². The Morgan fingerprint density at radius 3 is 2.33 bits per heavy atom. The molecule has 0 saturated heterocycles. The van der Waals surface area contributed by atoms with Crippen LogP contribution in [0.3, 0.4) is 0 Å². The number of halogens is 2. The first-order valence-corrected chi connectivity index (χ1v) is 7.47. The predicted molar refractivity (Wildman–Crippen MR) is 85.5 cm³/mol. The van der Waals surface area contributed by atoms with Crippen molar-refractivity contribution in [3.63, 3.8) is 0 Å². The molecule has 0 spiro atoms. The van der Waals surface area contributed by atoms with Crippen LogP contribution in [0.15, 0.2) is 30.3 Å². The van der Waals surface area contributed by atoms with E-state index in [1.807, 2.05) is 20.8 Å². The van der Waals surface area contributed by atoms with E-state index >= 15 is 0 Å². The summed E-state index contributed by atoms with van der Waals surface area (Å²) in [6, 6.07) is 5.73. The molecule has 1 aromatic carbocycles. The molecule has 7 heteroatoms. The van der Waals surface area contributed by atoms with Gasteiger partial charge in [0.15, 0.2) is 6.61 Å². The SMILES string of the molecule is CC(C)[C@@H](C)NC(=O)COC(=O)/C=C/c1ccc(OC(F)F)cc1. The van der Waals surface area contributed by atoms with E-state index in [-0.39, 0.29) is 30.2 Å². The van der Waals surface area contributed by atoms with Gasteiger partial charge in [-0.15, -0.1) is 0 Å². The fourth-order valence-corrected chi connectivity index (χ4v) is 1.57. The minimum absolute atomic E-state index is 0.0132. The molecule has 24 heavy (non-hydrogen) atoms. The molecular formula is C17H21F2NO4. The van der Waals surface area contributed by atoms with E-state index in [0.717, 1.165) is 6.08 Å². The molecule has 0 aliphatic carbocycles. The highest BCUT2D eigenvalue weighted by molar-refractivity contribution is 5.89. The second-order valence-corrected chi connectivity index (χ2v) is 5.49. The summed E-state index contributed by atoms with van der Waals surface area (Å²) in [7, 11) is 0. The highest BCUT2D eigenvalue weighted by Crippen LogP contribution is 2.15. The van der Waals surface area contributed by atoms with E-state index in [9.17, 15) is 18.4 Å². The van der Waals surface area contributed by atoms with Crippen LogP contribution in [0.5, 0.6) is 5.75 Å². The first kappa shape index (κ1) is 19.6. The third kappa shape index (κ3) is 7.71. The van der Waals surface area contributed by atoms with Gasteiger partial charge in [0.05, 0.1) is 0 Å². The number of rotatable bonds is 8. The minimum atomic E-state index is -2.88. The highest BCUT2D eigenvalue weighted by atomic mass is 19.3. The van der Waals surface area contributed by atoms with Crippen molar-refractivity contribution in [2.45, 2.75) is 33.4 Å². The van der Waals surface area contributed by atoms with E-state index < -0.39 is 12.6 Å². The van der Waals surface area contributed by atoms with Crippen LogP contribution in [0, 0.1) is 5.92 Å². The van der Waals surface area contributed by atoms with Gasteiger partial charge in [-0.05, 0) is 36.6 Å². The highest BCUT2D eigenvalue weighted by Gasteiger charge is 2.11. The van der Waals surface area contributed by atoms with Crippen molar-refractivity contribution in [2.24, 2.45) is 5.92 Å². The average molecular weight is 341 g/mol. The van der Waals surface area contributed by atoms with E-state index in [0.29, 0.717) is 5.56 Å². The number of alkyl halides is 2. The van der Waals surface area contributed by atoms with Crippen LogP contribution in [-0.2, 0) is 14.3 Å². The standard InChI is InChI=1S/C17H21F2NO4/c1-11(2)12(3)20-15(21)10-23-16(22)9-6-13-4-7-14(8-5-13)24-17(18)19/h4-9,11-12,17H,10H2,1-3H3,(H,20,21)/b9-6+/t12-/m1/s1. The van der Waals surface area contributed by atoms with Crippen molar-refractivity contribution in [1.82, 2.24) is 5.32 Å². The third-order valence-corrected chi connectivity index (χ3v) is 3.25. The molecule has 5 nitrogen and oxygen atoms in total. The Labute approximate surface area is 139 Å². The minimum Gasteiger partial charge on any atom is -0.452 e. The van der Waals surface area contributed by atoms with Crippen LogP contribution in [0.4, 0.5) is 8.78 Å². The lowest BCUT2D eigenvalue weighted by atomic mass is 10.1. The molecule has 1 aromatic rings. The maximum atomic E-state index is 12.0. The second-order valence-electron chi connectivity index (χ2n) is 5.49. The normalized spacial score (nSPS) is 12.5. The van der Waals surface area contributed by atoms with Crippen molar-refractivity contribution in [3.8, 4) is 5.75 Å². The number of carbonyl (C=O) groups is 2. The fraction of sp³-hybridized carbons (Fsp3) is 0.412. The lowest BCUT2D eigenvalue weighted by Crippen LogP contribution is -2.38. The van der Waals surface area contributed by atoms with Crippen LogP contribution in [0.1, 0.15) is 26.3 Å². The zero-order valence-corrected chi connectivity index (χ0v) is 13.8. The fourth-order valence-electron chi connectivity index (χ4n) is 1.57. The molecule has 0 aromatic heterocycles. The van der Waals surface area contributed by atoms with Gasteiger partial charge in [0.1, 0.15) is 5.75 Å². The first-order chi connectivity index (χ1) is 11.3. The molecule has 1 rings (SSSR count). The summed E-state index contributed by atoms with van der Waals surface area (Å²) in [6.07, 6.45) is 2.60. The van der Waals surface area contributed by atoms with Gasteiger partial charge >= 0.3 is 12.6 Å². The Hall–Kier alpha value is -2.44. The number of esters is 1. The number of hydrogen-bond donors (Lipinski definition) is 1. The molecule has 0 heterocycles. The van der Waals surface area contributed by atoms with E-state index in [4.69, 9.17) is 4.74 Å². The summed E-state index contributed by atoms with van der Waals surface area (Å²) in [5.41, 5.74) is 0.603. The smallest absolute Gasteiger partial charge is 0.387 e. The van der Waals surface area contributed by atoms with Crippen molar-refractivity contribution in [3.05, 3.63) is 35.9 Å².